The van der Waals surface area contributed by atoms with Crippen molar-refractivity contribution < 1.29 is 24.5 Å². The summed E-state index contributed by atoms with van der Waals surface area (Å²) in [6.45, 7) is 4.88. The first kappa shape index (κ1) is 69.1. The average Bonchev–Trinajstić information content (AvgIpc) is 3.37. The fraction of sp³-hybridized carbons (Fsp3) is 0.877. The molecule has 0 fully saturated rings. The molecule has 6 heteroatoms. The summed E-state index contributed by atoms with van der Waals surface area (Å²) in [5.41, 5.74) is 0. The summed E-state index contributed by atoms with van der Waals surface area (Å²) in [6.07, 6.45) is 76.2. The van der Waals surface area contributed by atoms with E-state index in [0.717, 1.165) is 51.4 Å². The Labute approximate surface area is 443 Å². The van der Waals surface area contributed by atoms with Crippen molar-refractivity contribution in [1.82, 2.24) is 5.32 Å². The minimum absolute atomic E-state index is 0.00340. The topological polar surface area (TPSA) is 95.9 Å². The van der Waals surface area contributed by atoms with Gasteiger partial charge in [-0.15, -0.1) is 0 Å². The van der Waals surface area contributed by atoms with Crippen molar-refractivity contribution in [2.24, 2.45) is 0 Å². The lowest BCUT2D eigenvalue weighted by atomic mass is 10.0. The molecule has 0 aliphatic rings. The van der Waals surface area contributed by atoms with Gasteiger partial charge in [0.05, 0.1) is 25.4 Å². The molecule has 0 rings (SSSR count). The summed E-state index contributed by atoms with van der Waals surface area (Å²) >= 11 is 0. The SMILES string of the molecule is CCCC/C=C\CCCCCCCC(=O)OCCCCCCCCCCCC/C=C\CCCCCCCCCC(=O)NC(CO)C(O)/C=C/CCCCCCCCCCCCCCCCCCCCCC. The molecule has 0 heterocycles. The van der Waals surface area contributed by atoms with Gasteiger partial charge >= 0.3 is 5.97 Å². The Morgan fingerprint density at radius 1 is 0.380 bits per heavy atom. The zero-order valence-electron chi connectivity index (χ0n) is 47.7. The fourth-order valence-corrected chi connectivity index (χ4v) is 9.73. The standard InChI is InChI=1S/C65H123NO5/c1-3-5-7-9-11-13-15-16-17-18-19-20-22-25-28-31-34-38-41-45-49-53-57-63(68)62(61-67)66-64(69)58-54-50-46-42-39-35-32-29-26-23-21-24-27-30-33-36-40-44-48-52-56-60-71-65(70)59-55-51-47-43-37-14-12-10-8-6-4-2/h10,12,23,26,53,57,62-63,67-68H,3-9,11,13-22,24-25,27-52,54-56,58-61H2,1-2H3,(H,66,69)/b12-10-,26-23-,57-53+. The second-order valence-corrected chi connectivity index (χ2v) is 21.7. The average molecular weight is 999 g/mol. The Morgan fingerprint density at radius 3 is 1.04 bits per heavy atom. The lowest BCUT2D eigenvalue weighted by molar-refractivity contribution is -0.143. The van der Waals surface area contributed by atoms with E-state index in [1.807, 2.05) is 6.08 Å². The van der Waals surface area contributed by atoms with Gasteiger partial charge in [-0.05, 0) is 77.0 Å². The molecule has 0 aliphatic carbocycles. The highest BCUT2D eigenvalue weighted by Gasteiger charge is 2.18. The van der Waals surface area contributed by atoms with Crippen molar-refractivity contribution in [2.45, 2.75) is 353 Å². The van der Waals surface area contributed by atoms with E-state index < -0.39 is 12.1 Å². The number of nitrogens with one attached hydrogen (secondary N) is 1. The molecular weight excluding hydrogens is 875 g/mol. The van der Waals surface area contributed by atoms with Crippen LogP contribution in [-0.4, -0.2) is 47.4 Å². The largest absolute Gasteiger partial charge is 0.466 e. The number of allylic oxidation sites excluding steroid dienone is 5. The molecule has 0 aromatic rings. The lowest BCUT2D eigenvalue weighted by Crippen LogP contribution is -2.45. The Bertz CT molecular complexity index is 1150. The molecule has 0 saturated heterocycles. The molecule has 6 nitrogen and oxygen atoms in total. The summed E-state index contributed by atoms with van der Waals surface area (Å²) in [5, 5.41) is 23.2. The molecule has 0 radical (unpaired) electrons. The van der Waals surface area contributed by atoms with Crippen molar-refractivity contribution in [3.05, 3.63) is 36.5 Å². The second-order valence-electron chi connectivity index (χ2n) is 21.7. The molecule has 0 saturated carbocycles. The monoisotopic (exact) mass is 998 g/mol. The van der Waals surface area contributed by atoms with Gasteiger partial charge in [0, 0.05) is 12.8 Å². The van der Waals surface area contributed by atoms with Gasteiger partial charge in [0.15, 0.2) is 0 Å². The van der Waals surface area contributed by atoms with Gasteiger partial charge in [0.2, 0.25) is 5.91 Å². The predicted octanol–water partition coefficient (Wildman–Crippen LogP) is 20.0. The normalized spacial score (nSPS) is 12.8. The van der Waals surface area contributed by atoms with Gasteiger partial charge < -0.3 is 20.3 Å². The van der Waals surface area contributed by atoms with Gasteiger partial charge in [0.25, 0.3) is 0 Å². The maximum atomic E-state index is 12.5. The molecule has 0 spiro atoms. The van der Waals surface area contributed by atoms with E-state index in [4.69, 9.17) is 4.74 Å². The number of aliphatic hydroxyl groups excluding tert-OH is 2. The number of ether oxygens (including phenoxy) is 1. The maximum Gasteiger partial charge on any atom is 0.305 e. The minimum Gasteiger partial charge on any atom is -0.466 e. The van der Waals surface area contributed by atoms with Crippen LogP contribution < -0.4 is 5.32 Å². The van der Waals surface area contributed by atoms with E-state index in [9.17, 15) is 19.8 Å². The molecular formula is C65H123NO5. The third-order valence-electron chi connectivity index (χ3n) is 14.6. The Balaban J connectivity index is 3.47. The number of hydrogen-bond donors (Lipinski definition) is 3. The second kappa shape index (κ2) is 60.6. The number of aliphatic hydroxyl groups is 2. The summed E-state index contributed by atoms with van der Waals surface area (Å²) in [7, 11) is 0. The first-order chi connectivity index (χ1) is 35.0. The highest BCUT2D eigenvalue weighted by molar-refractivity contribution is 5.76. The summed E-state index contributed by atoms with van der Waals surface area (Å²) in [4.78, 5) is 24.5. The Kier molecular flexibility index (Phi) is 59.0. The summed E-state index contributed by atoms with van der Waals surface area (Å²) in [5.74, 6) is -0.0765. The molecule has 0 bridgehead atoms. The third-order valence-corrected chi connectivity index (χ3v) is 14.6. The van der Waals surface area contributed by atoms with Gasteiger partial charge in [-0.25, -0.2) is 0 Å². The zero-order valence-corrected chi connectivity index (χ0v) is 47.7. The number of esters is 1. The number of carbonyl (C=O) groups excluding carboxylic acids is 2. The van der Waals surface area contributed by atoms with Gasteiger partial charge in [-0.2, -0.15) is 0 Å². The predicted molar refractivity (Wildman–Crippen MR) is 310 cm³/mol. The number of amides is 1. The number of carbonyl (C=O) groups is 2. The van der Waals surface area contributed by atoms with Gasteiger partial charge in [-0.3, -0.25) is 9.59 Å². The molecule has 0 aliphatic heterocycles. The maximum absolute atomic E-state index is 12.5. The van der Waals surface area contributed by atoms with Crippen molar-refractivity contribution in [3.8, 4) is 0 Å². The molecule has 2 unspecified atom stereocenters. The number of unbranched alkanes of at least 4 members (excludes halogenated alkanes) is 44. The smallest absolute Gasteiger partial charge is 0.305 e. The van der Waals surface area contributed by atoms with E-state index in [-0.39, 0.29) is 18.5 Å². The highest BCUT2D eigenvalue weighted by atomic mass is 16.5. The molecule has 1 amide bonds. The highest BCUT2D eigenvalue weighted by Crippen LogP contribution is 2.17. The van der Waals surface area contributed by atoms with Crippen LogP contribution in [0, 0.1) is 0 Å². The molecule has 3 N–H and O–H groups in total. The van der Waals surface area contributed by atoms with Crippen LogP contribution in [0.3, 0.4) is 0 Å². The van der Waals surface area contributed by atoms with Crippen LogP contribution in [0.4, 0.5) is 0 Å². The number of rotatable bonds is 59. The van der Waals surface area contributed by atoms with Crippen LogP contribution in [-0.2, 0) is 14.3 Å². The van der Waals surface area contributed by atoms with E-state index >= 15 is 0 Å². The fourth-order valence-electron chi connectivity index (χ4n) is 9.73. The van der Waals surface area contributed by atoms with Gasteiger partial charge in [0.1, 0.15) is 0 Å². The quantitative estimate of drug-likeness (QED) is 0.0321. The van der Waals surface area contributed by atoms with E-state index in [0.29, 0.717) is 19.4 Å². The van der Waals surface area contributed by atoms with Crippen LogP contribution in [0.25, 0.3) is 0 Å². The first-order valence-electron chi connectivity index (χ1n) is 31.8. The van der Waals surface area contributed by atoms with Gasteiger partial charge in [-0.1, -0.05) is 288 Å². The lowest BCUT2D eigenvalue weighted by Gasteiger charge is -2.20. The zero-order chi connectivity index (χ0) is 51.4. The van der Waals surface area contributed by atoms with E-state index in [2.05, 4.69) is 43.5 Å². The van der Waals surface area contributed by atoms with Crippen LogP contribution in [0.1, 0.15) is 341 Å². The minimum atomic E-state index is -0.851. The van der Waals surface area contributed by atoms with Crippen molar-refractivity contribution in [1.29, 1.82) is 0 Å². The van der Waals surface area contributed by atoms with Crippen molar-refractivity contribution >= 4 is 11.9 Å². The molecule has 0 aromatic carbocycles. The first-order valence-corrected chi connectivity index (χ1v) is 31.8. The van der Waals surface area contributed by atoms with E-state index in [1.54, 1.807) is 6.08 Å². The summed E-state index contributed by atoms with van der Waals surface area (Å²) in [6, 6.07) is -0.635. The summed E-state index contributed by atoms with van der Waals surface area (Å²) < 4.78 is 5.45. The van der Waals surface area contributed by atoms with Crippen LogP contribution in [0.15, 0.2) is 36.5 Å². The number of hydrogen-bond acceptors (Lipinski definition) is 5. The molecule has 418 valence electrons. The van der Waals surface area contributed by atoms with Crippen LogP contribution in [0.5, 0.6) is 0 Å². The Morgan fingerprint density at radius 2 is 0.676 bits per heavy atom. The molecule has 2 atom stereocenters. The van der Waals surface area contributed by atoms with Crippen LogP contribution in [0.2, 0.25) is 0 Å². The Hall–Kier alpha value is -1.92. The van der Waals surface area contributed by atoms with E-state index in [1.165, 1.54) is 263 Å². The van der Waals surface area contributed by atoms with Crippen molar-refractivity contribution in [3.63, 3.8) is 0 Å². The molecule has 71 heavy (non-hydrogen) atoms. The van der Waals surface area contributed by atoms with Crippen LogP contribution >= 0.6 is 0 Å². The third kappa shape index (κ3) is 57.2. The van der Waals surface area contributed by atoms with Crippen molar-refractivity contribution in [2.75, 3.05) is 13.2 Å². The molecule has 0 aromatic heterocycles.